The number of allylic oxidation sites excluding steroid dienone is 3. The summed E-state index contributed by atoms with van der Waals surface area (Å²) in [6.45, 7) is 4.25. The van der Waals surface area contributed by atoms with Crippen LogP contribution in [0, 0.1) is 0 Å². The van der Waals surface area contributed by atoms with Crippen LogP contribution in [0.25, 0.3) is 0 Å². The maximum absolute atomic E-state index is 12.5. The third-order valence-corrected chi connectivity index (χ3v) is 15.0. The van der Waals surface area contributed by atoms with Gasteiger partial charge in [0.05, 0.1) is 31.3 Å². The van der Waals surface area contributed by atoms with Crippen molar-refractivity contribution < 1.29 is 20.1 Å². The Morgan fingerprint density at radius 3 is 0.884 bits per heavy atom. The Labute approximate surface area is 432 Å². The molecule has 0 saturated carbocycles. The molecule has 0 radical (unpaired) electrons. The van der Waals surface area contributed by atoms with Crippen molar-refractivity contribution in [2.75, 3.05) is 6.61 Å². The van der Waals surface area contributed by atoms with Crippen molar-refractivity contribution >= 4 is 5.91 Å². The minimum absolute atomic E-state index is 0.0172. The van der Waals surface area contributed by atoms with Gasteiger partial charge >= 0.3 is 0 Å². The van der Waals surface area contributed by atoms with Crippen molar-refractivity contribution in [2.45, 2.75) is 372 Å². The molecule has 5 nitrogen and oxygen atoms in total. The molecule has 0 rings (SSSR count). The molecule has 0 spiro atoms. The van der Waals surface area contributed by atoms with Crippen molar-refractivity contribution in [1.29, 1.82) is 0 Å². The first-order valence-corrected chi connectivity index (χ1v) is 31.6. The van der Waals surface area contributed by atoms with Crippen molar-refractivity contribution in [1.82, 2.24) is 5.32 Å². The van der Waals surface area contributed by atoms with Crippen LogP contribution in [0.2, 0.25) is 0 Å². The van der Waals surface area contributed by atoms with E-state index in [9.17, 15) is 20.1 Å². The number of amides is 1. The molecule has 69 heavy (non-hydrogen) atoms. The fourth-order valence-electron chi connectivity index (χ4n) is 10.2. The quantitative estimate of drug-likeness (QED) is 0.0361. The van der Waals surface area contributed by atoms with Crippen molar-refractivity contribution in [2.24, 2.45) is 0 Å². The van der Waals surface area contributed by atoms with Crippen LogP contribution in [-0.4, -0.2) is 46.1 Å². The van der Waals surface area contributed by atoms with Gasteiger partial charge in [-0.05, 0) is 44.9 Å². The Hall–Kier alpha value is -1.17. The van der Waals surface area contributed by atoms with Gasteiger partial charge in [-0.15, -0.1) is 0 Å². The number of carbonyl (C=O) groups is 1. The van der Waals surface area contributed by atoms with E-state index in [-0.39, 0.29) is 18.9 Å². The number of rotatable bonds is 59. The first-order valence-electron chi connectivity index (χ1n) is 31.6. The number of aliphatic hydroxyl groups is 3. The maximum Gasteiger partial charge on any atom is 0.222 e. The molecule has 0 heterocycles. The Morgan fingerprint density at radius 2 is 0.609 bits per heavy atom. The molecule has 1 amide bonds. The average molecular weight is 973 g/mol. The van der Waals surface area contributed by atoms with Gasteiger partial charge in [-0.2, -0.15) is 0 Å². The van der Waals surface area contributed by atoms with Gasteiger partial charge in [-0.3, -0.25) is 4.79 Å². The van der Waals surface area contributed by atoms with Crippen LogP contribution in [0.3, 0.4) is 0 Å². The topological polar surface area (TPSA) is 89.8 Å². The van der Waals surface area contributed by atoms with Crippen LogP contribution in [0.15, 0.2) is 24.3 Å². The van der Waals surface area contributed by atoms with E-state index in [2.05, 4.69) is 31.3 Å². The molecule has 5 heteroatoms. The van der Waals surface area contributed by atoms with Crippen LogP contribution in [0.5, 0.6) is 0 Å². The molecule has 0 aliphatic carbocycles. The van der Waals surface area contributed by atoms with E-state index in [1.54, 1.807) is 6.08 Å². The summed E-state index contributed by atoms with van der Waals surface area (Å²) in [4.78, 5) is 12.5. The zero-order valence-electron chi connectivity index (χ0n) is 47.0. The van der Waals surface area contributed by atoms with Gasteiger partial charge in [-0.25, -0.2) is 0 Å². The summed E-state index contributed by atoms with van der Waals surface area (Å²) in [5.74, 6) is -0.310. The van der Waals surface area contributed by atoms with Crippen molar-refractivity contribution in [3.05, 3.63) is 24.3 Å². The van der Waals surface area contributed by atoms with Crippen LogP contribution >= 0.6 is 0 Å². The van der Waals surface area contributed by atoms with E-state index in [0.29, 0.717) is 6.42 Å². The highest BCUT2D eigenvalue weighted by Gasteiger charge is 2.20. The number of hydrogen-bond acceptors (Lipinski definition) is 4. The molecule has 0 aromatic carbocycles. The van der Waals surface area contributed by atoms with Crippen molar-refractivity contribution in [3.63, 3.8) is 0 Å². The monoisotopic (exact) mass is 972 g/mol. The molecule has 3 unspecified atom stereocenters. The van der Waals surface area contributed by atoms with E-state index in [4.69, 9.17) is 0 Å². The third kappa shape index (κ3) is 56.0. The Morgan fingerprint density at radius 1 is 0.362 bits per heavy atom. The fraction of sp³-hybridized carbons (Fsp3) is 0.922. The van der Waals surface area contributed by atoms with Crippen LogP contribution in [-0.2, 0) is 4.79 Å². The lowest BCUT2D eigenvalue weighted by Gasteiger charge is -2.21. The third-order valence-electron chi connectivity index (χ3n) is 15.0. The second-order valence-electron chi connectivity index (χ2n) is 22.0. The number of nitrogens with one attached hydrogen (secondary N) is 1. The molecule has 4 N–H and O–H groups in total. The molecule has 0 saturated heterocycles. The van der Waals surface area contributed by atoms with Gasteiger partial charge in [0.25, 0.3) is 0 Å². The average Bonchev–Trinajstić information content (AvgIpc) is 3.35. The molecule has 0 aliphatic heterocycles. The van der Waals surface area contributed by atoms with Crippen molar-refractivity contribution in [3.8, 4) is 0 Å². The van der Waals surface area contributed by atoms with Gasteiger partial charge in [0, 0.05) is 0 Å². The second-order valence-corrected chi connectivity index (χ2v) is 22.0. The summed E-state index contributed by atoms with van der Waals surface area (Å²) in [5, 5.41) is 33.5. The molecular formula is C64H125NO4. The van der Waals surface area contributed by atoms with E-state index in [1.807, 2.05) is 6.08 Å². The highest BCUT2D eigenvalue weighted by molar-refractivity contribution is 5.76. The van der Waals surface area contributed by atoms with E-state index in [0.717, 1.165) is 25.7 Å². The smallest absolute Gasteiger partial charge is 0.222 e. The lowest BCUT2D eigenvalue weighted by Crippen LogP contribution is -2.45. The van der Waals surface area contributed by atoms with E-state index < -0.39 is 18.2 Å². The summed E-state index contributed by atoms with van der Waals surface area (Å²) in [6.07, 6.45) is 76.9. The minimum atomic E-state index is -0.928. The van der Waals surface area contributed by atoms with Gasteiger partial charge < -0.3 is 20.6 Å². The molecule has 0 fully saturated rings. The van der Waals surface area contributed by atoms with Gasteiger partial charge in [-0.1, -0.05) is 327 Å². The summed E-state index contributed by atoms with van der Waals surface area (Å²) in [7, 11) is 0. The Balaban J connectivity index is 3.46. The number of aliphatic hydroxyl groups excluding tert-OH is 3. The normalized spacial score (nSPS) is 13.3. The molecule has 3 atom stereocenters. The standard InChI is InChI=1S/C64H125NO4/c1-3-5-7-9-11-13-15-17-19-21-22-23-24-25-26-27-28-29-30-31-32-33-34-35-36-37-38-39-40-42-43-45-47-49-51-53-55-57-61(67)59-64(69)65-62(60-66)63(68)58-56-54-52-50-48-46-44-41-20-18-16-14-12-10-8-6-4-2/h31-32,56,58,61-63,66-68H,3-30,33-55,57,59-60H2,1-2H3,(H,65,69)/b32-31-,58-56+. The predicted molar refractivity (Wildman–Crippen MR) is 305 cm³/mol. The SMILES string of the molecule is CCCCCCCCCCCCCCCCC/C=C/C(O)C(CO)NC(=O)CC(O)CCCCCCCCCCCCCCCCC/C=C\CCCCCCCCCCCCCCCCCCCC. The van der Waals surface area contributed by atoms with Gasteiger partial charge in [0.15, 0.2) is 0 Å². The van der Waals surface area contributed by atoms with Crippen LogP contribution in [0.4, 0.5) is 0 Å². The summed E-state index contributed by atoms with van der Waals surface area (Å²) >= 11 is 0. The van der Waals surface area contributed by atoms with E-state index in [1.165, 1.54) is 302 Å². The molecule has 0 bridgehead atoms. The zero-order valence-corrected chi connectivity index (χ0v) is 47.0. The predicted octanol–water partition coefficient (Wildman–Crippen LogP) is 20.0. The molecule has 0 aromatic heterocycles. The van der Waals surface area contributed by atoms with Crippen LogP contribution in [0.1, 0.15) is 354 Å². The second kappa shape index (κ2) is 59.4. The first-order chi connectivity index (χ1) is 34.0. The Bertz CT molecular complexity index is 1030. The molecular weight excluding hydrogens is 847 g/mol. The lowest BCUT2D eigenvalue weighted by atomic mass is 10.0. The summed E-state index contributed by atoms with van der Waals surface area (Å²) in [6, 6.07) is -0.743. The number of unbranched alkanes of at least 4 members (excludes halogenated alkanes) is 48. The van der Waals surface area contributed by atoms with Gasteiger partial charge in [0.1, 0.15) is 0 Å². The first kappa shape index (κ1) is 67.8. The zero-order chi connectivity index (χ0) is 50.0. The lowest BCUT2D eigenvalue weighted by molar-refractivity contribution is -0.124. The minimum Gasteiger partial charge on any atom is -0.394 e. The largest absolute Gasteiger partial charge is 0.394 e. The van der Waals surface area contributed by atoms with Crippen LogP contribution < -0.4 is 5.32 Å². The highest BCUT2D eigenvalue weighted by atomic mass is 16.3. The summed E-state index contributed by atoms with van der Waals surface area (Å²) in [5.41, 5.74) is 0. The highest BCUT2D eigenvalue weighted by Crippen LogP contribution is 2.18. The molecule has 0 aliphatic rings. The Kier molecular flexibility index (Phi) is 58.4. The fourth-order valence-corrected chi connectivity index (χ4v) is 10.2. The maximum atomic E-state index is 12.5. The van der Waals surface area contributed by atoms with E-state index >= 15 is 0 Å². The summed E-state index contributed by atoms with van der Waals surface area (Å²) < 4.78 is 0. The number of carbonyl (C=O) groups excluding carboxylic acids is 1. The number of hydrogen-bond donors (Lipinski definition) is 4. The molecule has 410 valence electrons. The molecule has 0 aromatic rings. The van der Waals surface area contributed by atoms with Gasteiger partial charge in [0.2, 0.25) is 5.91 Å².